The zero-order valence-electron chi connectivity index (χ0n) is 38.2. The number of benzene rings is 9. The third-order valence-electron chi connectivity index (χ3n) is 15.5. The summed E-state index contributed by atoms with van der Waals surface area (Å²) in [6.07, 6.45) is 5.93. The minimum Gasteiger partial charge on any atom is -0.310 e. The van der Waals surface area contributed by atoms with Crippen molar-refractivity contribution in [3.05, 3.63) is 275 Å². The van der Waals surface area contributed by atoms with E-state index in [0.717, 1.165) is 23.5 Å². The average Bonchev–Trinajstić information content (AvgIpc) is 3.74. The molecule has 318 valence electrons. The molecule has 0 fully saturated rings. The van der Waals surface area contributed by atoms with E-state index in [2.05, 4.69) is 263 Å². The van der Waals surface area contributed by atoms with Gasteiger partial charge in [0.25, 0.3) is 0 Å². The maximum Gasteiger partial charge on any atom is 0.0516 e. The van der Waals surface area contributed by atoms with Crippen LogP contribution in [-0.4, -0.2) is 0 Å². The predicted octanol–water partition coefficient (Wildman–Crippen LogP) is 16.9. The van der Waals surface area contributed by atoms with Gasteiger partial charge in [-0.2, -0.15) is 0 Å². The van der Waals surface area contributed by atoms with Gasteiger partial charge in [0.15, 0.2) is 0 Å². The van der Waals surface area contributed by atoms with E-state index in [-0.39, 0.29) is 16.7 Å². The Balaban J connectivity index is 1.00. The Hall–Kier alpha value is -7.48. The van der Waals surface area contributed by atoms with Crippen molar-refractivity contribution in [2.45, 2.75) is 50.4 Å². The molecule has 0 N–H and O–H groups in total. The molecule has 12 rings (SSSR count). The molecule has 9 aromatic rings. The van der Waals surface area contributed by atoms with Crippen LogP contribution in [0.1, 0.15) is 73.1 Å². The highest BCUT2D eigenvalue weighted by Crippen LogP contribution is 2.57. The van der Waals surface area contributed by atoms with E-state index < -0.39 is 5.41 Å². The highest BCUT2D eigenvalue weighted by molar-refractivity contribution is 5.90. The number of fused-ring (bicyclic) bond motifs is 6. The van der Waals surface area contributed by atoms with Crippen LogP contribution < -0.4 is 4.90 Å². The second-order valence-corrected chi connectivity index (χ2v) is 19.7. The Bertz CT molecular complexity index is 3330. The summed E-state index contributed by atoms with van der Waals surface area (Å²) in [6.45, 7) is 9.59. The van der Waals surface area contributed by atoms with Gasteiger partial charge in [0.05, 0.1) is 5.41 Å². The van der Waals surface area contributed by atoms with Gasteiger partial charge < -0.3 is 4.90 Å². The molecule has 0 aromatic heterocycles. The smallest absolute Gasteiger partial charge is 0.0516 e. The minimum absolute atomic E-state index is 0.0615. The Kier molecular flexibility index (Phi) is 9.30. The number of rotatable bonds is 8. The van der Waals surface area contributed by atoms with Gasteiger partial charge in [-0.05, 0) is 132 Å². The van der Waals surface area contributed by atoms with E-state index >= 15 is 0 Å². The number of hydrogen-bond acceptors (Lipinski definition) is 1. The Morgan fingerprint density at radius 3 is 1.61 bits per heavy atom. The van der Waals surface area contributed by atoms with Crippen LogP contribution in [0.25, 0.3) is 38.6 Å². The molecule has 3 aliphatic rings. The van der Waals surface area contributed by atoms with Crippen molar-refractivity contribution in [3.63, 3.8) is 0 Å². The minimum atomic E-state index is -0.462. The molecule has 1 heteroatoms. The van der Waals surface area contributed by atoms with Gasteiger partial charge in [0.2, 0.25) is 0 Å². The lowest BCUT2D eigenvalue weighted by Crippen LogP contribution is -2.39. The second kappa shape index (κ2) is 15.3. The molecule has 1 nitrogen and oxygen atoms in total. The van der Waals surface area contributed by atoms with Crippen LogP contribution in [0.5, 0.6) is 0 Å². The fourth-order valence-corrected chi connectivity index (χ4v) is 12.1. The zero-order chi connectivity index (χ0) is 44.6. The molecule has 0 saturated carbocycles. The second-order valence-electron chi connectivity index (χ2n) is 19.7. The quantitative estimate of drug-likeness (QED) is 0.138. The third kappa shape index (κ3) is 6.13. The van der Waals surface area contributed by atoms with E-state index in [1.54, 1.807) is 0 Å². The first-order chi connectivity index (χ1) is 32.2. The SMILES string of the molecule is CC1(C)C2=C(C=CC(C(c3ccccc3)(c3ccccc3)c3ccc(N(c4ccc(-c5ccc6ccccc6c5)cc4)c4ccc5c(c4)C(C)(C)c4ccccc4-5)cc3)C2)c2ccccc21. The number of nitrogens with zero attached hydrogens (tertiary/aromatic N) is 1. The van der Waals surface area contributed by atoms with Gasteiger partial charge in [0.1, 0.15) is 0 Å². The highest BCUT2D eigenvalue weighted by Gasteiger charge is 2.47. The summed E-state index contributed by atoms with van der Waals surface area (Å²) in [5, 5.41) is 2.51. The highest BCUT2D eigenvalue weighted by atomic mass is 15.1. The van der Waals surface area contributed by atoms with E-state index in [4.69, 9.17) is 0 Å². The van der Waals surface area contributed by atoms with Crippen LogP contribution in [0.2, 0.25) is 0 Å². The van der Waals surface area contributed by atoms with Gasteiger partial charge in [0, 0.05) is 27.9 Å². The lowest BCUT2D eigenvalue weighted by Gasteiger charge is -2.44. The summed E-state index contributed by atoms with van der Waals surface area (Å²) in [7, 11) is 0. The molecule has 0 aliphatic heterocycles. The summed E-state index contributed by atoms with van der Waals surface area (Å²) in [6, 6.07) is 81.7. The zero-order valence-corrected chi connectivity index (χ0v) is 38.2. The summed E-state index contributed by atoms with van der Waals surface area (Å²) >= 11 is 0. The first kappa shape index (κ1) is 40.1. The van der Waals surface area contributed by atoms with Crippen molar-refractivity contribution in [2.24, 2.45) is 5.92 Å². The lowest BCUT2D eigenvalue weighted by atomic mass is 9.58. The van der Waals surface area contributed by atoms with Gasteiger partial charge in [-0.1, -0.05) is 221 Å². The number of hydrogen-bond donors (Lipinski definition) is 0. The monoisotopic (exact) mass is 847 g/mol. The summed E-state index contributed by atoms with van der Waals surface area (Å²) in [4.78, 5) is 2.45. The van der Waals surface area contributed by atoms with E-state index in [1.165, 1.54) is 83.1 Å². The van der Waals surface area contributed by atoms with Gasteiger partial charge in [-0.15, -0.1) is 0 Å². The molecule has 9 aromatic carbocycles. The van der Waals surface area contributed by atoms with Crippen LogP contribution in [0.15, 0.2) is 236 Å². The normalized spacial score (nSPS) is 16.4. The molecule has 0 spiro atoms. The molecule has 0 saturated heterocycles. The molecular weight excluding hydrogens is 795 g/mol. The predicted molar refractivity (Wildman–Crippen MR) is 278 cm³/mol. The van der Waals surface area contributed by atoms with Crippen molar-refractivity contribution in [2.75, 3.05) is 4.90 Å². The lowest BCUT2D eigenvalue weighted by molar-refractivity contribution is 0.420. The van der Waals surface area contributed by atoms with Crippen LogP contribution >= 0.6 is 0 Å². The molecule has 3 aliphatic carbocycles. The summed E-state index contributed by atoms with van der Waals surface area (Å²) in [5.74, 6) is 0.166. The molecule has 0 bridgehead atoms. The standard InChI is InChI=1S/C65H53N/c1-63(2)59-25-15-13-23-55(59)57-39-33-51(42-61(57)63)65(48-19-7-5-8-20-48,49-21-9-6-10-22-49)50-31-36-53(37-32-50)66(54-38-40-58-56-24-14-16-26-60(56)64(3,4)62(58)43-54)52-34-29-45(30-35-52)47-28-27-44-17-11-12-18-46(44)41-47/h5-41,43,51H,42H2,1-4H3. The molecule has 1 unspecified atom stereocenters. The molecule has 66 heavy (non-hydrogen) atoms. The maximum atomic E-state index is 2.53. The molecule has 0 radical (unpaired) electrons. The summed E-state index contributed by atoms with van der Waals surface area (Å²) < 4.78 is 0. The largest absolute Gasteiger partial charge is 0.310 e. The molecule has 0 heterocycles. The van der Waals surface area contributed by atoms with Crippen molar-refractivity contribution in [3.8, 4) is 22.3 Å². The van der Waals surface area contributed by atoms with Crippen LogP contribution in [-0.2, 0) is 16.2 Å². The van der Waals surface area contributed by atoms with Gasteiger partial charge in [-0.3, -0.25) is 0 Å². The molecule has 1 atom stereocenters. The van der Waals surface area contributed by atoms with Crippen molar-refractivity contribution < 1.29 is 0 Å². The van der Waals surface area contributed by atoms with E-state index in [0.29, 0.717) is 0 Å². The van der Waals surface area contributed by atoms with E-state index in [9.17, 15) is 0 Å². The van der Waals surface area contributed by atoms with E-state index in [1.807, 2.05) is 0 Å². The number of anilines is 3. The van der Waals surface area contributed by atoms with Crippen molar-refractivity contribution >= 4 is 33.4 Å². The number of allylic oxidation sites excluding steroid dienone is 4. The first-order valence-electron chi connectivity index (χ1n) is 23.6. The topological polar surface area (TPSA) is 3.24 Å². The van der Waals surface area contributed by atoms with Gasteiger partial charge in [-0.25, -0.2) is 0 Å². The fourth-order valence-electron chi connectivity index (χ4n) is 12.1. The first-order valence-corrected chi connectivity index (χ1v) is 23.6. The Morgan fingerprint density at radius 1 is 0.409 bits per heavy atom. The third-order valence-corrected chi connectivity index (χ3v) is 15.5. The van der Waals surface area contributed by atoms with Crippen LogP contribution in [0, 0.1) is 5.92 Å². The van der Waals surface area contributed by atoms with Crippen molar-refractivity contribution in [1.29, 1.82) is 0 Å². The Labute approximate surface area is 390 Å². The van der Waals surface area contributed by atoms with Gasteiger partial charge >= 0.3 is 0 Å². The Morgan fingerprint density at radius 2 is 0.924 bits per heavy atom. The molecule has 0 amide bonds. The van der Waals surface area contributed by atoms with Crippen molar-refractivity contribution in [1.82, 2.24) is 0 Å². The fraction of sp³-hybridized carbons (Fsp3) is 0.138. The van der Waals surface area contributed by atoms with Crippen LogP contribution in [0.3, 0.4) is 0 Å². The maximum absolute atomic E-state index is 2.53. The molecular formula is C65H53N. The van der Waals surface area contributed by atoms with Crippen LogP contribution in [0.4, 0.5) is 17.1 Å². The average molecular weight is 848 g/mol. The summed E-state index contributed by atoms with van der Waals surface area (Å²) in [5.41, 5.74) is 20.2.